The van der Waals surface area contributed by atoms with E-state index in [1.165, 1.54) is 105 Å². The minimum Gasteiger partial charge on any atom is -0.310 e. The topological polar surface area (TPSA) is 8.17 Å². The second kappa shape index (κ2) is 16.0. The molecule has 0 unspecified atom stereocenters. The predicted molar refractivity (Wildman–Crippen MR) is 284 cm³/mol. The fraction of sp³-hybridized carbons (Fsp3) is 0.0769. The molecule has 10 aromatic carbocycles. The molecule has 67 heavy (non-hydrogen) atoms. The maximum atomic E-state index is 2.45. The van der Waals surface area contributed by atoms with Crippen molar-refractivity contribution < 1.29 is 0 Å². The van der Waals surface area contributed by atoms with Gasteiger partial charge in [-0.25, -0.2) is 0 Å². The lowest BCUT2D eigenvalue weighted by Gasteiger charge is -2.30. The maximum Gasteiger partial charge on any atom is 0.0541 e. The summed E-state index contributed by atoms with van der Waals surface area (Å²) in [5.41, 5.74) is 24.3. The van der Waals surface area contributed by atoms with Gasteiger partial charge in [-0.05, 0) is 148 Å². The summed E-state index contributed by atoms with van der Waals surface area (Å²) in [4.78, 5) is 2.45. The highest BCUT2D eigenvalue weighted by atomic mass is 15.1. The lowest BCUT2D eigenvalue weighted by Crippen LogP contribution is -2.17. The molecule has 0 aliphatic heterocycles. The summed E-state index contributed by atoms with van der Waals surface area (Å²) < 4.78 is 2.40. The highest BCUT2D eigenvalue weighted by molar-refractivity contribution is 6.09. The number of benzene rings is 10. The number of hydrogen-bond donors (Lipinski definition) is 0. The number of anilines is 3. The van der Waals surface area contributed by atoms with Crippen LogP contribution in [0.4, 0.5) is 17.1 Å². The van der Waals surface area contributed by atoms with Crippen LogP contribution in [0.3, 0.4) is 0 Å². The Labute approximate surface area is 393 Å². The Bertz CT molecular complexity index is 3570. The SMILES string of the molecule is Cc1ccc2c(c1)c1cc(C)ccc1n2-c1ccc(-c2ccc(-c3ccc(N(c4ccc5c(c4)C(C)(C)c4ccccc4-5)c4ccc(-c5ccccc5)cc4-c4ccccc4)cc3)cc2)cc1. The van der Waals surface area contributed by atoms with Crippen LogP contribution in [-0.2, 0) is 5.41 Å². The Kier molecular flexibility index (Phi) is 9.66. The van der Waals surface area contributed by atoms with Crippen molar-refractivity contribution in [1.29, 1.82) is 0 Å². The summed E-state index contributed by atoms with van der Waals surface area (Å²) >= 11 is 0. The molecule has 2 heteroatoms. The Balaban J connectivity index is 0.902. The number of aromatic nitrogens is 1. The molecule has 0 saturated carbocycles. The van der Waals surface area contributed by atoms with Gasteiger partial charge in [0.25, 0.3) is 0 Å². The molecule has 1 aliphatic carbocycles. The minimum absolute atomic E-state index is 0.129. The van der Waals surface area contributed by atoms with Gasteiger partial charge in [0.1, 0.15) is 0 Å². The van der Waals surface area contributed by atoms with Gasteiger partial charge in [-0.15, -0.1) is 0 Å². The van der Waals surface area contributed by atoms with Gasteiger partial charge < -0.3 is 9.47 Å². The normalized spacial score (nSPS) is 12.6. The molecule has 0 bridgehead atoms. The van der Waals surface area contributed by atoms with Crippen molar-refractivity contribution >= 4 is 38.9 Å². The van der Waals surface area contributed by atoms with Gasteiger partial charge in [0, 0.05) is 38.8 Å². The first-order valence-corrected chi connectivity index (χ1v) is 23.4. The van der Waals surface area contributed by atoms with E-state index in [1.807, 2.05) is 0 Å². The molecular weight excluding hydrogens is 809 g/mol. The quantitative estimate of drug-likeness (QED) is 0.148. The Morgan fingerprint density at radius 1 is 0.343 bits per heavy atom. The smallest absolute Gasteiger partial charge is 0.0541 e. The molecule has 320 valence electrons. The number of rotatable bonds is 8. The largest absolute Gasteiger partial charge is 0.310 e. The van der Waals surface area contributed by atoms with E-state index in [0.29, 0.717) is 0 Å². The Morgan fingerprint density at radius 2 is 0.821 bits per heavy atom. The van der Waals surface area contributed by atoms with E-state index in [4.69, 9.17) is 0 Å². The standard InChI is InChI=1S/C65H50N2/c1-43-19-36-63-58(39-43)59-40-44(2)20-37-64(59)67(63)53-32-27-49(28-33-53)47-23-21-46(22-24-47)48-25-30-52(31-26-48)66(54-34-35-56-55-17-11-12-18-60(55)65(3,4)61(56)42-54)62-38-29-51(45-13-7-5-8-14-45)41-57(62)50-15-9-6-10-16-50/h5-42H,1-4H3. The highest BCUT2D eigenvalue weighted by Gasteiger charge is 2.36. The first-order chi connectivity index (χ1) is 32.8. The van der Waals surface area contributed by atoms with Crippen LogP contribution in [-0.4, -0.2) is 4.57 Å². The van der Waals surface area contributed by atoms with E-state index in [9.17, 15) is 0 Å². The fourth-order valence-electron chi connectivity index (χ4n) is 10.6. The average molecular weight is 859 g/mol. The van der Waals surface area contributed by atoms with Crippen molar-refractivity contribution in [2.45, 2.75) is 33.1 Å². The van der Waals surface area contributed by atoms with E-state index in [-0.39, 0.29) is 5.41 Å². The van der Waals surface area contributed by atoms with Crippen LogP contribution in [0, 0.1) is 13.8 Å². The first-order valence-electron chi connectivity index (χ1n) is 23.4. The molecule has 1 aromatic heterocycles. The molecule has 0 fully saturated rings. The van der Waals surface area contributed by atoms with Crippen molar-refractivity contribution in [3.05, 3.63) is 253 Å². The van der Waals surface area contributed by atoms with Crippen LogP contribution >= 0.6 is 0 Å². The van der Waals surface area contributed by atoms with Gasteiger partial charge in [-0.2, -0.15) is 0 Å². The van der Waals surface area contributed by atoms with Crippen LogP contribution in [0.2, 0.25) is 0 Å². The van der Waals surface area contributed by atoms with Crippen molar-refractivity contribution in [3.63, 3.8) is 0 Å². The summed E-state index contributed by atoms with van der Waals surface area (Å²) in [6.07, 6.45) is 0. The zero-order valence-electron chi connectivity index (χ0n) is 38.3. The summed E-state index contributed by atoms with van der Waals surface area (Å²) in [6.45, 7) is 9.07. The minimum atomic E-state index is -0.129. The van der Waals surface area contributed by atoms with Gasteiger partial charge in [0.05, 0.1) is 16.7 Å². The van der Waals surface area contributed by atoms with Gasteiger partial charge >= 0.3 is 0 Å². The number of aryl methyl sites for hydroxylation is 2. The Morgan fingerprint density at radius 3 is 1.43 bits per heavy atom. The third kappa shape index (κ3) is 6.96. The predicted octanol–water partition coefficient (Wildman–Crippen LogP) is 17.8. The van der Waals surface area contributed by atoms with Crippen molar-refractivity contribution in [3.8, 4) is 61.3 Å². The first kappa shape index (κ1) is 40.3. The van der Waals surface area contributed by atoms with Crippen molar-refractivity contribution in [1.82, 2.24) is 4.57 Å². The maximum absolute atomic E-state index is 2.45. The molecule has 0 N–H and O–H groups in total. The van der Waals surface area contributed by atoms with E-state index in [0.717, 1.165) is 17.1 Å². The van der Waals surface area contributed by atoms with Crippen LogP contribution in [0.5, 0.6) is 0 Å². The van der Waals surface area contributed by atoms with Gasteiger partial charge in [-0.1, -0.05) is 183 Å². The second-order valence-electron chi connectivity index (χ2n) is 18.7. The van der Waals surface area contributed by atoms with E-state index in [1.54, 1.807) is 0 Å². The van der Waals surface area contributed by atoms with Gasteiger partial charge in [0.2, 0.25) is 0 Å². The third-order valence-corrected chi connectivity index (χ3v) is 14.1. The molecule has 1 heterocycles. The second-order valence-corrected chi connectivity index (χ2v) is 18.7. The number of nitrogens with zero attached hydrogens (tertiary/aromatic N) is 2. The Hall–Kier alpha value is -8.20. The molecule has 0 atom stereocenters. The summed E-state index contributed by atoms with van der Waals surface area (Å²) in [6, 6.07) is 85.1. The lowest BCUT2D eigenvalue weighted by molar-refractivity contribution is 0.660. The third-order valence-electron chi connectivity index (χ3n) is 14.1. The van der Waals surface area contributed by atoms with Crippen LogP contribution < -0.4 is 4.90 Å². The fourth-order valence-corrected chi connectivity index (χ4v) is 10.6. The van der Waals surface area contributed by atoms with Crippen LogP contribution in [0.15, 0.2) is 231 Å². The summed E-state index contributed by atoms with van der Waals surface area (Å²) in [7, 11) is 0. The van der Waals surface area contributed by atoms with E-state index < -0.39 is 0 Å². The molecule has 2 nitrogen and oxygen atoms in total. The monoisotopic (exact) mass is 858 g/mol. The lowest BCUT2D eigenvalue weighted by atomic mass is 9.82. The molecule has 11 aromatic rings. The molecule has 0 radical (unpaired) electrons. The number of fused-ring (bicyclic) bond motifs is 6. The number of hydrogen-bond acceptors (Lipinski definition) is 1. The van der Waals surface area contributed by atoms with Crippen molar-refractivity contribution in [2.75, 3.05) is 4.90 Å². The van der Waals surface area contributed by atoms with Crippen molar-refractivity contribution in [2.24, 2.45) is 0 Å². The summed E-state index contributed by atoms with van der Waals surface area (Å²) in [5, 5.41) is 2.60. The van der Waals surface area contributed by atoms with Gasteiger partial charge in [0.15, 0.2) is 0 Å². The summed E-state index contributed by atoms with van der Waals surface area (Å²) in [5.74, 6) is 0. The zero-order valence-corrected chi connectivity index (χ0v) is 38.3. The molecular formula is C65H50N2. The highest BCUT2D eigenvalue weighted by Crippen LogP contribution is 2.51. The van der Waals surface area contributed by atoms with Gasteiger partial charge in [-0.3, -0.25) is 0 Å². The van der Waals surface area contributed by atoms with E-state index in [2.05, 4.69) is 268 Å². The zero-order chi connectivity index (χ0) is 45.2. The molecule has 0 saturated heterocycles. The molecule has 1 aliphatic rings. The molecule has 0 spiro atoms. The van der Waals surface area contributed by atoms with Crippen LogP contribution in [0.1, 0.15) is 36.1 Å². The average Bonchev–Trinajstić information content (AvgIpc) is 3.81. The molecule has 0 amide bonds. The van der Waals surface area contributed by atoms with E-state index >= 15 is 0 Å². The molecule has 12 rings (SSSR count). The van der Waals surface area contributed by atoms with Crippen LogP contribution in [0.25, 0.3) is 83.1 Å².